The van der Waals surface area contributed by atoms with E-state index in [2.05, 4.69) is 25.5 Å². The third kappa shape index (κ3) is 2.80. The maximum Gasteiger partial charge on any atom is 0.257 e. The van der Waals surface area contributed by atoms with Crippen molar-refractivity contribution in [1.82, 2.24) is 30.1 Å². The molecule has 1 fully saturated rings. The minimum absolute atomic E-state index is 0. The largest absolute Gasteiger partial charge is 0.366 e. The van der Waals surface area contributed by atoms with Crippen molar-refractivity contribution in [3.05, 3.63) is 29.5 Å². The van der Waals surface area contributed by atoms with Gasteiger partial charge < -0.3 is 14.6 Å². The van der Waals surface area contributed by atoms with Gasteiger partial charge in [0, 0.05) is 24.5 Å². The third-order valence-corrected chi connectivity index (χ3v) is 3.66. The first-order valence-corrected chi connectivity index (χ1v) is 7.20. The van der Waals surface area contributed by atoms with Gasteiger partial charge in [0.1, 0.15) is 6.10 Å². The topological polar surface area (TPSA) is 90.4 Å². The van der Waals surface area contributed by atoms with Crippen LogP contribution in [0.4, 0.5) is 0 Å². The van der Waals surface area contributed by atoms with E-state index in [0.29, 0.717) is 24.9 Å². The summed E-state index contributed by atoms with van der Waals surface area (Å²) in [6, 6.07) is 1.98. The van der Waals surface area contributed by atoms with E-state index >= 15 is 0 Å². The number of morpholine rings is 1. The van der Waals surface area contributed by atoms with E-state index in [1.54, 1.807) is 10.7 Å². The van der Waals surface area contributed by atoms with Gasteiger partial charge in [-0.1, -0.05) is 5.16 Å². The maximum absolute atomic E-state index is 5.63. The molecule has 0 aromatic carbocycles. The molecule has 1 saturated heterocycles. The number of fused-ring (bicyclic) bond motifs is 1. The molecule has 9 heteroatoms. The Labute approximate surface area is 138 Å². The number of nitrogens with zero attached hydrogens (tertiary/aromatic N) is 5. The van der Waals surface area contributed by atoms with Crippen LogP contribution < -0.4 is 5.32 Å². The Morgan fingerprint density at radius 1 is 1.30 bits per heavy atom. The van der Waals surface area contributed by atoms with Crippen LogP contribution in [0.15, 0.2) is 16.8 Å². The molecule has 0 spiro atoms. The van der Waals surface area contributed by atoms with Gasteiger partial charge in [-0.3, -0.25) is 0 Å². The van der Waals surface area contributed by atoms with Gasteiger partial charge in [-0.15, -0.1) is 12.4 Å². The number of hydrogen-bond acceptors (Lipinski definition) is 7. The molecule has 3 aromatic rings. The first kappa shape index (κ1) is 15.9. The number of hydrogen-bond donors (Lipinski definition) is 1. The first-order chi connectivity index (χ1) is 10.7. The highest BCUT2D eigenvalue weighted by Crippen LogP contribution is 2.24. The summed E-state index contributed by atoms with van der Waals surface area (Å²) in [6.07, 6.45) is 1.51. The Hall–Kier alpha value is -2.03. The summed E-state index contributed by atoms with van der Waals surface area (Å²) in [5.74, 6) is 0.961. The minimum atomic E-state index is -0.201. The Balaban J connectivity index is 0.00000156. The number of aromatic nitrogens is 5. The third-order valence-electron chi connectivity index (χ3n) is 3.66. The number of aryl methyl sites for hydroxylation is 2. The zero-order chi connectivity index (χ0) is 15.1. The highest BCUT2D eigenvalue weighted by molar-refractivity contribution is 5.85. The van der Waals surface area contributed by atoms with Crippen molar-refractivity contribution in [1.29, 1.82) is 0 Å². The summed E-state index contributed by atoms with van der Waals surface area (Å²) in [6.45, 7) is 6.09. The second-order valence-corrected chi connectivity index (χ2v) is 5.35. The highest BCUT2D eigenvalue weighted by atomic mass is 35.5. The standard InChI is InChI=1S/C14H16N6O2.ClH/c1-8-5-9(2)20-13(17-8)10(6-16-20)12-18-14(22-19-12)11-7-15-3-4-21-11;/h5-6,11,15H,3-4,7H2,1-2H3;1H/t11-;/m1./s1. The molecule has 4 heterocycles. The molecule has 0 bridgehead atoms. The molecule has 0 radical (unpaired) electrons. The number of halogens is 1. The fourth-order valence-corrected chi connectivity index (χ4v) is 2.63. The lowest BCUT2D eigenvalue weighted by molar-refractivity contribution is 0.00755. The van der Waals surface area contributed by atoms with Crippen LogP contribution in [0.3, 0.4) is 0 Å². The van der Waals surface area contributed by atoms with Crippen molar-refractivity contribution in [3.8, 4) is 11.4 Å². The average molecular weight is 337 g/mol. The fraction of sp³-hybridized carbons (Fsp3) is 0.429. The Kier molecular flexibility index (Phi) is 4.29. The molecule has 1 N–H and O–H groups in total. The van der Waals surface area contributed by atoms with Crippen LogP contribution in [0.1, 0.15) is 23.4 Å². The minimum Gasteiger partial charge on any atom is -0.366 e. The zero-order valence-corrected chi connectivity index (χ0v) is 13.6. The Morgan fingerprint density at radius 3 is 2.96 bits per heavy atom. The van der Waals surface area contributed by atoms with Crippen LogP contribution in [-0.2, 0) is 4.74 Å². The summed E-state index contributed by atoms with van der Waals surface area (Å²) in [5.41, 5.74) is 3.42. The van der Waals surface area contributed by atoms with Gasteiger partial charge in [-0.2, -0.15) is 10.1 Å². The van der Waals surface area contributed by atoms with Crippen LogP contribution in [-0.4, -0.2) is 44.4 Å². The predicted octanol–water partition coefficient (Wildman–Crippen LogP) is 1.48. The number of nitrogens with one attached hydrogen (secondary N) is 1. The van der Waals surface area contributed by atoms with Gasteiger partial charge in [0.2, 0.25) is 5.82 Å². The monoisotopic (exact) mass is 336 g/mol. The molecular weight excluding hydrogens is 320 g/mol. The summed E-state index contributed by atoms with van der Waals surface area (Å²) >= 11 is 0. The second kappa shape index (κ2) is 6.23. The van der Waals surface area contributed by atoms with E-state index in [1.165, 1.54) is 0 Å². The van der Waals surface area contributed by atoms with Crippen LogP contribution in [0, 0.1) is 13.8 Å². The molecule has 0 amide bonds. The molecule has 122 valence electrons. The smallest absolute Gasteiger partial charge is 0.257 e. The van der Waals surface area contributed by atoms with E-state index in [-0.39, 0.29) is 18.5 Å². The van der Waals surface area contributed by atoms with E-state index in [1.807, 2.05) is 19.9 Å². The van der Waals surface area contributed by atoms with E-state index in [4.69, 9.17) is 9.26 Å². The molecule has 1 aliphatic heterocycles. The second-order valence-electron chi connectivity index (χ2n) is 5.35. The van der Waals surface area contributed by atoms with Crippen molar-refractivity contribution in [2.75, 3.05) is 19.7 Å². The predicted molar refractivity (Wildman–Crippen MR) is 84.6 cm³/mol. The fourth-order valence-electron chi connectivity index (χ4n) is 2.63. The van der Waals surface area contributed by atoms with Crippen molar-refractivity contribution in [2.24, 2.45) is 0 Å². The van der Waals surface area contributed by atoms with Crippen molar-refractivity contribution in [2.45, 2.75) is 20.0 Å². The molecule has 1 aliphatic rings. The summed E-state index contributed by atoms with van der Waals surface area (Å²) in [5, 5.41) is 11.6. The molecular formula is C14H17ClN6O2. The quantitative estimate of drug-likeness (QED) is 0.758. The maximum atomic E-state index is 5.63. The molecule has 23 heavy (non-hydrogen) atoms. The average Bonchev–Trinajstić information content (AvgIpc) is 3.14. The van der Waals surface area contributed by atoms with Crippen LogP contribution in [0.25, 0.3) is 17.0 Å². The summed E-state index contributed by atoms with van der Waals surface area (Å²) in [7, 11) is 0. The molecule has 8 nitrogen and oxygen atoms in total. The van der Waals surface area contributed by atoms with E-state index in [0.717, 1.165) is 29.1 Å². The molecule has 0 aliphatic carbocycles. The lowest BCUT2D eigenvalue weighted by atomic mass is 10.3. The molecule has 3 aromatic heterocycles. The van der Waals surface area contributed by atoms with Crippen molar-refractivity contribution >= 4 is 18.1 Å². The van der Waals surface area contributed by atoms with Gasteiger partial charge in [0.25, 0.3) is 5.89 Å². The SMILES string of the molecule is Cc1cc(C)n2ncc(-c3noc([C@H]4CNCCO4)n3)c2n1.Cl. The molecule has 1 atom stereocenters. The van der Waals surface area contributed by atoms with E-state index < -0.39 is 0 Å². The Morgan fingerprint density at radius 2 is 2.17 bits per heavy atom. The Bertz CT molecular complexity index is 824. The van der Waals surface area contributed by atoms with Gasteiger partial charge in [0.15, 0.2) is 5.65 Å². The number of ether oxygens (including phenoxy) is 1. The van der Waals surface area contributed by atoms with Crippen LogP contribution in [0.5, 0.6) is 0 Å². The lowest BCUT2D eigenvalue weighted by Gasteiger charge is -2.19. The summed E-state index contributed by atoms with van der Waals surface area (Å²) < 4.78 is 12.7. The van der Waals surface area contributed by atoms with Gasteiger partial charge in [0.05, 0.1) is 18.4 Å². The summed E-state index contributed by atoms with van der Waals surface area (Å²) in [4.78, 5) is 8.98. The lowest BCUT2D eigenvalue weighted by Crippen LogP contribution is -2.33. The van der Waals surface area contributed by atoms with Gasteiger partial charge >= 0.3 is 0 Å². The van der Waals surface area contributed by atoms with Crippen LogP contribution >= 0.6 is 12.4 Å². The van der Waals surface area contributed by atoms with Crippen molar-refractivity contribution < 1.29 is 9.26 Å². The van der Waals surface area contributed by atoms with E-state index in [9.17, 15) is 0 Å². The van der Waals surface area contributed by atoms with Crippen LogP contribution in [0.2, 0.25) is 0 Å². The first-order valence-electron chi connectivity index (χ1n) is 7.20. The highest BCUT2D eigenvalue weighted by Gasteiger charge is 2.24. The zero-order valence-electron chi connectivity index (χ0n) is 12.8. The van der Waals surface area contributed by atoms with Crippen molar-refractivity contribution in [3.63, 3.8) is 0 Å². The molecule has 4 rings (SSSR count). The molecule has 0 unspecified atom stereocenters. The number of rotatable bonds is 2. The van der Waals surface area contributed by atoms with Gasteiger partial charge in [-0.05, 0) is 19.9 Å². The van der Waals surface area contributed by atoms with Gasteiger partial charge in [-0.25, -0.2) is 9.50 Å². The molecule has 0 saturated carbocycles. The normalized spacial score (nSPS) is 18.1.